The van der Waals surface area contributed by atoms with Crippen LogP contribution in [0.1, 0.15) is 5.56 Å². The zero-order chi connectivity index (χ0) is 15.7. The van der Waals surface area contributed by atoms with Crippen molar-refractivity contribution in [2.24, 2.45) is 0 Å². The van der Waals surface area contributed by atoms with Gasteiger partial charge < -0.3 is 4.42 Å². The molecule has 22 heavy (non-hydrogen) atoms. The lowest BCUT2D eigenvalue weighted by Crippen LogP contribution is -1.95. The number of benzene rings is 1. The lowest BCUT2D eigenvalue weighted by molar-refractivity contribution is -0.401. The van der Waals surface area contributed by atoms with Gasteiger partial charge in [0.2, 0.25) is 0 Å². The van der Waals surface area contributed by atoms with Crippen LogP contribution in [0, 0.1) is 21.4 Å². The summed E-state index contributed by atoms with van der Waals surface area (Å²) in [6.07, 6.45) is 1.49. The van der Waals surface area contributed by atoms with Gasteiger partial charge in [-0.1, -0.05) is 23.7 Å². The van der Waals surface area contributed by atoms with Crippen molar-refractivity contribution >= 4 is 17.5 Å². The molecule has 0 N–H and O–H groups in total. The maximum Gasteiger partial charge on any atom is 0.433 e. The molecule has 0 bridgehead atoms. The molecule has 2 heterocycles. The Hall–Kier alpha value is -3.11. The lowest BCUT2D eigenvalue weighted by atomic mass is 10.2. The minimum absolute atomic E-state index is 0.147. The van der Waals surface area contributed by atoms with Gasteiger partial charge >= 0.3 is 5.88 Å². The van der Waals surface area contributed by atoms with Crippen molar-refractivity contribution in [2.75, 3.05) is 0 Å². The first-order valence-corrected chi connectivity index (χ1v) is 6.47. The van der Waals surface area contributed by atoms with Crippen LogP contribution in [0.25, 0.3) is 17.1 Å². The Morgan fingerprint density at radius 3 is 2.73 bits per heavy atom. The predicted octanol–water partition coefficient (Wildman–Crippen LogP) is 3.57. The molecule has 0 amide bonds. The van der Waals surface area contributed by atoms with Gasteiger partial charge in [-0.3, -0.25) is 10.1 Å². The summed E-state index contributed by atoms with van der Waals surface area (Å²) in [5, 5.41) is 24.6. The molecule has 0 unspecified atom stereocenters. The molecule has 0 aliphatic rings. The van der Waals surface area contributed by atoms with Gasteiger partial charge in [0.25, 0.3) is 0 Å². The third-order valence-corrected chi connectivity index (χ3v) is 3.26. The molecule has 7 nitrogen and oxygen atoms in total. The van der Waals surface area contributed by atoms with E-state index in [0.29, 0.717) is 10.7 Å². The summed E-state index contributed by atoms with van der Waals surface area (Å²) < 4.78 is 6.53. The number of hydrogen-bond donors (Lipinski definition) is 0. The first-order chi connectivity index (χ1) is 10.6. The van der Waals surface area contributed by atoms with E-state index in [-0.39, 0.29) is 17.0 Å². The molecule has 108 valence electrons. The van der Waals surface area contributed by atoms with Crippen LogP contribution in [0.5, 0.6) is 0 Å². The molecule has 3 aromatic rings. The molecule has 0 aliphatic carbocycles. The van der Waals surface area contributed by atoms with Gasteiger partial charge in [-0.05, 0) is 18.2 Å². The first-order valence-electron chi connectivity index (χ1n) is 6.09. The largest absolute Gasteiger partial charge is 0.433 e. The van der Waals surface area contributed by atoms with Gasteiger partial charge in [0, 0.05) is 6.20 Å². The highest BCUT2D eigenvalue weighted by Crippen LogP contribution is 2.29. The minimum atomic E-state index is -0.652. The number of hydrogen-bond acceptors (Lipinski definition) is 5. The number of aromatic nitrogens is 2. The predicted molar refractivity (Wildman–Crippen MR) is 77.6 cm³/mol. The number of furan rings is 1. The molecule has 0 aliphatic heterocycles. The Kier molecular flexibility index (Phi) is 3.37. The number of nitrogens with zero attached hydrogens (tertiary/aromatic N) is 4. The van der Waals surface area contributed by atoms with Crippen molar-refractivity contribution in [1.82, 2.24) is 9.78 Å². The normalized spacial score (nSPS) is 10.4. The third kappa shape index (κ3) is 2.32. The van der Waals surface area contributed by atoms with E-state index in [9.17, 15) is 15.4 Å². The van der Waals surface area contributed by atoms with Gasteiger partial charge in [0.15, 0.2) is 5.76 Å². The third-order valence-electron chi connectivity index (χ3n) is 2.94. The number of para-hydroxylation sites is 1. The van der Waals surface area contributed by atoms with Crippen LogP contribution < -0.4 is 0 Å². The van der Waals surface area contributed by atoms with Crippen LogP contribution >= 0.6 is 11.6 Å². The average Bonchev–Trinajstić information content (AvgIpc) is 3.14. The molecule has 0 radical (unpaired) electrons. The quantitative estimate of drug-likeness (QED) is 0.543. The van der Waals surface area contributed by atoms with Gasteiger partial charge in [-0.2, -0.15) is 10.4 Å². The standard InChI is InChI=1S/C14H7ClN4O3/c15-10-3-1-2-4-11(10)18-8-9(7-16)14(17-18)12-5-6-13(22-12)19(20)21/h1-6,8H. The van der Waals surface area contributed by atoms with E-state index in [1.807, 2.05) is 6.07 Å². The second kappa shape index (κ2) is 5.35. The molecule has 0 saturated carbocycles. The van der Waals surface area contributed by atoms with Crippen molar-refractivity contribution in [3.8, 4) is 23.2 Å². The highest BCUT2D eigenvalue weighted by molar-refractivity contribution is 6.32. The second-order valence-corrected chi connectivity index (χ2v) is 4.70. The maximum atomic E-state index is 10.7. The van der Waals surface area contributed by atoms with Crippen LogP contribution in [0.2, 0.25) is 5.02 Å². The Bertz CT molecular complexity index is 907. The zero-order valence-electron chi connectivity index (χ0n) is 10.9. The summed E-state index contributed by atoms with van der Waals surface area (Å²) in [4.78, 5) is 10.0. The average molecular weight is 315 g/mol. The number of nitriles is 1. The summed E-state index contributed by atoms with van der Waals surface area (Å²) in [5.74, 6) is -0.264. The fourth-order valence-electron chi connectivity index (χ4n) is 1.95. The monoisotopic (exact) mass is 314 g/mol. The molecule has 0 spiro atoms. The molecule has 8 heteroatoms. The molecular weight excluding hydrogens is 308 g/mol. The van der Waals surface area contributed by atoms with E-state index in [1.54, 1.807) is 24.3 Å². The lowest BCUT2D eigenvalue weighted by Gasteiger charge is -2.02. The van der Waals surface area contributed by atoms with E-state index >= 15 is 0 Å². The topological polar surface area (TPSA) is 97.9 Å². The van der Waals surface area contributed by atoms with Gasteiger partial charge in [0.05, 0.1) is 16.8 Å². The van der Waals surface area contributed by atoms with E-state index in [2.05, 4.69) is 5.10 Å². The van der Waals surface area contributed by atoms with E-state index in [1.165, 1.54) is 23.0 Å². The fourth-order valence-corrected chi connectivity index (χ4v) is 2.17. The van der Waals surface area contributed by atoms with Crippen LogP contribution in [0.3, 0.4) is 0 Å². The highest BCUT2D eigenvalue weighted by atomic mass is 35.5. The minimum Gasteiger partial charge on any atom is -0.399 e. The van der Waals surface area contributed by atoms with E-state index < -0.39 is 10.8 Å². The number of halogens is 1. The molecular formula is C14H7ClN4O3. The number of nitro groups is 1. The van der Waals surface area contributed by atoms with Crippen LogP contribution in [0.15, 0.2) is 47.0 Å². The Morgan fingerprint density at radius 1 is 1.32 bits per heavy atom. The van der Waals surface area contributed by atoms with Gasteiger partial charge in [-0.25, -0.2) is 4.68 Å². The molecule has 1 aromatic carbocycles. The molecule has 0 fully saturated rings. The second-order valence-electron chi connectivity index (χ2n) is 4.29. The molecule has 0 saturated heterocycles. The van der Waals surface area contributed by atoms with Crippen LogP contribution in [-0.4, -0.2) is 14.7 Å². The SMILES string of the molecule is N#Cc1cn(-c2ccccc2Cl)nc1-c1ccc([N+](=O)[O-])o1. The van der Waals surface area contributed by atoms with Crippen molar-refractivity contribution in [2.45, 2.75) is 0 Å². The maximum absolute atomic E-state index is 10.7. The summed E-state index contributed by atoms with van der Waals surface area (Å²) in [5.41, 5.74) is 1.03. The van der Waals surface area contributed by atoms with Crippen molar-refractivity contribution in [3.05, 3.63) is 63.3 Å². The Morgan fingerprint density at radius 2 is 2.09 bits per heavy atom. The smallest absolute Gasteiger partial charge is 0.399 e. The number of rotatable bonds is 3. The van der Waals surface area contributed by atoms with Gasteiger partial charge in [0.1, 0.15) is 22.2 Å². The molecule has 2 aromatic heterocycles. The van der Waals surface area contributed by atoms with Crippen molar-refractivity contribution < 1.29 is 9.34 Å². The Balaban J connectivity index is 2.11. The molecule has 0 atom stereocenters. The first kappa shape index (κ1) is 13.9. The summed E-state index contributed by atoms with van der Waals surface area (Å²) in [6.45, 7) is 0. The molecule has 3 rings (SSSR count). The van der Waals surface area contributed by atoms with Gasteiger partial charge in [-0.15, -0.1) is 0 Å². The zero-order valence-corrected chi connectivity index (χ0v) is 11.7. The van der Waals surface area contributed by atoms with Crippen LogP contribution in [-0.2, 0) is 0 Å². The van der Waals surface area contributed by atoms with Crippen molar-refractivity contribution in [3.63, 3.8) is 0 Å². The Labute approximate surface area is 129 Å². The van der Waals surface area contributed by atoms with E-state index in [0.717, 1.165) is 0 Å². The fraction of sp³-hybridized carbons (Fsp3) is 0. The van der Waals surface area contributed by atoms with Crippen LogP contribution in [0.4, 0.5) is 5.88 Å². The summed E-state index contributed by atoms with van der Waals surface area (Å²) in [7, 11) is 0. The van der Waals surface area contributed by atoms with E-state index in [4.69, 9.17) is 16.0 Å². The highest BCUT2D eigenvalue weighted by Gasteiger charge is 2.19. The summed E-state index contributed by atoms with van der Waals surface area (Å²) in [6, 6.07) is 11.6. The van der Waals surface area contributed by atoms with Crippen molar-refractivity contribution in [1.29, 1.82) is 5.26 Å². The summed E-state index contributed by atoms with van der Waals surface area (Å²) >= 11 is 6.10.